The third-order valence-electron chi connectivity index (χ3n) is 3.87. The van der Waals surface area contributed by atoms with Crippen molar-refractivity contribution in [3.8, 4) is 0 Å². The fraction of sp³-hybridized carbons (Fsp3) is 0.714. The summed E-state index contributed by atoms with van der Waals surface area (Å²) < 4.78 is 30.0. The van der Waals surface area contributed by atoms with Crippen LogP contribution in [0.2, 0.25) is 0 Å². The molecule has 1 aliphatic heterocycles. The van der Waals surface area contributed by atoms with Gasteiger partial charge in [-0.2, -0.15) is 0 Å². The van der Waals surface area contributed by atoms with Gasteiger partial charge in [-0.25, -0.2) is 13.4 Å². The molecule has 1 aromatic heterocycles. The molecule has 0 bridgehead atoms. The van der Waals surface area contributed by atoms with Crippen molar-refractivity contribution in [1.29, 1.82) is 0 Å². The van der Waals surface area contributed by atoms with E-state index in [1.54, 1.807) is 7.11 Å². The quantitative estimate of drug-likeness (QED) is 0.713. The smallest absolute Gasteiger partial charge is 0.230 e. The lowest BCUT2D eigenvalue weighted by atomic mass is 10.3. The Labute approximate surface area is 141 Å². The second-order valence-electron chi connectivity index (χ2n) is 5.67. The second-order valence-corrected chi connectivity index (χ2v) is 8.84. The Morgan fingerprint density at radius 1 is 1.48 bits per heavy atom. The highest BCUT2D eigenvalue weighted by Gasteiger charge is 2.28. The number of nitrogens with one attached hydrogen (secondary N) is 1. The number of aromatic nitrogens is 2. The van der Waals surface area contributed by atoms with Crippen LogP contribution in [0.15, 0.2) is 5.16 Å². The van der Waals surface area contributed by atoms with Crippen LogP contribution in [-0.4, -0.2) is 60.9 Å². The summed E-state index contributed by atoms with van der Waals surface area (Å²) in [6.45, 7) is 5.20. The van der Waals surface area contributed by atoms with Crippen molar-refractivity contribution in [2.75, 3.05) is 31.0 Å². The zero-order valence-electron chi connectivity index (χ0n) is 13.7. The van der Waals surface area contributed by atoms with Crippen molar-refractivity contribution >= 4 is 27.5 Å². The van der Waals surface area contributed by atoms with Gasteiger partial charge in [0.15, 0.2) is 15.0 Å². The Bertz CT molecular complexity index is 670. The van der Waals surface area contributed by atoms with Crippen molar-refractivity contribution in [1.82, 2.24) is 14.9 Å². The minimum Gasteiger partial charge on any atom is -0.383 e. The standard InChI is InChI=1S/C14H23N3O4S2/c1-10-11(2)17(5-6-21-3)14(15-10)22-8-13(18)16-12-4-7-23(19,20)9-12/h12H,4-9H2,1-3H3,(H,16,18). The summed E-state index contributed by atoms with van der Waals surface area (Å²) in [5.41, 5.74) is 2.00. The van der Waals surface area contributed by atoms with E-state index in [1.807, 2.05) is 18.4 Å². The molecule has 0 saturated carbocycles. The predicted octanol–water partition coefficient (Wildman–Crippen LogP) is 0.542. The number of nitrogens with zero attached hydrogens (tertiary/aromatic N) is 2. The van der Waals surface area contributed by atoms with Crippen LogP contribution in [0.5, 0.6) is 0 Å². The number of aryl methyl sites for hydroxylation is 1. The lowest BCUT2D eigenvalue weighted by Gasteiger charge is -2.11. The SMILES string of the molecule is COCCn1c(SCC(=O)NC2CCS(=O)(=O)C2)nc(C)c1C. The highest BCUT2D eigenvalue weighted by Crippen LogP contribution is 2.21. The highest BCUT2D eigenvalue weighted by molar-refractivity contribution is 7.99. The zero-order valence-corrected chi connectivity index (χ0v) is 15.3. The third-order valence-corrected chi connectivity index (χ3v) is 6.62. The molecular formula is C14H23N3O4S2. The molecule has 0 radical (unpaired) electrons. The Morgan fingerprint density at radius 3 is 2.83 bits per heavy atom. The van der Waals surface area contributed by atoms with Gasteiger partial charge in [0.1, 0.15) is 0 Å². The molecule has 1 fully saturated rings. The van der Waals surface area contributed by atoms with Gasteiger partial charge < -0.3 is 14.6 Å². The highest BCUT2D eigenvalue weighted by atomic mass is 32.2. The van der Waals surface area contributed by atoms with E-state index in [0.29, 0.717) is 19.6 Å². The molecule has 1 unspecified atom stereocenters. The van der Waals surface area contributed by atoms with Gasteiger partial charge in [-0.3, -0.25) is 4.79 Å². The Balaban J connectivity index is 1.90. The minimum absolute atomic E-state index is 0.0457. The summed E-state index contributed by atoms with van der Waals surface area (Å²) in [5.74, 6) is 0.266. The summed E-state index contributed by atoms with van der Waals surface area (Å²) in [4.78, 5) is 16.5. The molecule has 1 saturated heterocycles. The van der Waals surface area contributed by atoms with E-state index >= 15 is 0 Å². The zero-order chi connectivity index (χ0) is 17.0. The van der Waals surface area contributed by atoms with Crippen LogP contribution in [0.4, 0.5) is 0 Å². The van der Waals surface area contributed by atoms with Crippen molar-refractivity contribution in [3.63, 3.8) is 0 Å². The first kappa shape index (κ1) is 18.3. The molecule has 1 aliphatic rings. The fourth-order valence-corrected chi connectivity index (χ4v) is 5.09. The van der Waals surface area contributed by atoms with E-state index < -0.39 is 9.84 Å². The maximum absolute atomic E-state index is 12.0. The van der Waals surface area contributed by atoms with E-state index in [0.717, 1.165) is 16.5 Å². The first-order valence-corrected chi connectivity index (χ1v) is 10.3. The number of hydrogen-bond donors (Lipinski definition) is 1. The van der Waals surface area contributed by atoms with Gasteiger partial charge in [0, 0.05) is 25.4 Å². The van der Waals surface area contributed by atoms with E-state index in [1.165, 1.54) is 11.8 Å². The molecule has 2 rings (SSSR count). The minimum atomic E-state index is -2.98. The predicted molar refractivity (Wildman–Crippen MR) is 89.5 cm³/mol. The van der Waals surface area contributed by atoms with Crippen LogP contribution in [-0.2, 0) is 25.9 Å². The molecule has 1 amide bonds. The number of methoxy groups -OCH3 is 1. The maximum Gasteiger partial charge on any atom is 0.230 e. The fourth-order valence-electron chi connectivity index (χ4n) is 2.49. The molecular weight excluding hydrogens is 338 g/mol. The largest absolute Gasteiger partial charge is 0.383 e. The van der Waals surface area contributed by atoms with E-state index in [4.69, 9.17) is 4.74 Å². The number of thioether (sulfide) groups is 1. The number of imidazole rings is 1. The van der Waals surface area contributed by atoms with Crippen molar-refractivity contribution in [3.05, 3.63) is 11.4 Å². The van der Waals surface area contributed by atoms with Gasteiger partial charge in [-0.15, -0.1) is 0 Å². The Kier molecular flexibility index (Phi) is 6.10. The summed E-state index contributed by atoms with van der Waals surface area (Å²) in [5, 5.41) is 3.57. The van der Waals surface area contributed by atoms with Crippen LogP contribution in [0.3, 0.4) is 0 Å². The van der Waals surface area contributed by atoms with Crippen LogP contribution in [0.1, 0.15) is 17.8 Å². The average molecular weight is 361 g/mol. The number of carbonyl (C=O) groups is 1. The van der Waals surface area contributed by atoms with Gasteiger partial charge in [-0.1, -0.05) is 11.8 Å². The number of amides is 1. The number of ether oxygens (including phenoxy) is 1. The first-order valence-electron chi connectivity index (χ1n) is 7.47. The van der Waals surface area contributed by atoms with Crippen molar-refractivity contribution in [2.45, 2.75) is 38.0 Å². The van der Waals surface area contributed by atoms with Crippen LogP contribution in [0, 0.1) is 13.8 Å². The molecule has 0 aliphatic carbocycles. The Morgan fingerprint density at radius 2 is 2.22 bits per heavy atom. The first-order chi connectivity index (χ1) is 10.8. The molecule has 23 heavy (non-hydrogen) atoms. The summed E-state index contributed by atoms with van der Waals surface area (Å²) in [6, 6.07) is -0.259. The second kappa shape index (κ2) is 7.67. The average Bonchev–Trinajstić information content (AvgIpc) is 2.95. The molecule has 7 nitrogen and oxygen atoms in total. The summed E-state index contributed by atoms with van der Waals surface area (Å²) in [6.07, 6.45) is 0.499. The number of sulfone groups is 1. The maximum atomic E-state index is 12.0. The molecule has 1 aromatic rings. The van der Waals surface area contributed by atoms with Crippen molar-refractivity contribution < 1.29 is 17.9 Å². The molecule has 1 N–H and O–H groups in total. The lowest BCUT2D eigenvalue weighted by molar-refractivity contribution is -0.119. The van der Waals surface area contributed by atoms with Gasteiger partial charge in [0.2, 0.25) is 5.91 Å². The monoisotopic (exact) mass is 361 g/mol. The molecule has 130 valence electrons. The van der Waals surface area contributed by atoms with E-state index in [2.05, 4.69) is 10.3 Å². The number of rotatable bonds is 7. The molecule has 1 atom stereocenters. The van der Waals surface area contributed by atoms with Crippen LogP contribution < -0.4 is 5.32 Å². The van der Waals surface area contributed by atoms with Gasteiger partial charge in [0.05, 0.1) is 29.6 Å². The summed E-state index contributed by atoms with van der Waals surface area (Å²) >= 11 is 1.36. The van der Waals surface area contributed by atoms with Crippen LogP contribution >= 0.6 is 11.8 Å². The van der Waals surface area contributed by atoms with Crippen molar-refractivity contribution in [2.24, 2.45) is 0 Å². The molecule has 0 spiro atoms. The molecule has 9 heteroatoms. The van der Waals surface area contributed by atoms with Gasteiger partial charge in [0.25, 0.3) is 0 Å². The summed E-state index contributed by atoms with van der Waals surface area (Å²) in [7, 11) is -1.33. The van der Waals surface area contributed by atoms with E-state index in [9.17, 15) is 13.2 Å². The lowest BCUT2D eigenvalue weighted by Crippen LogP contribution is -2.36. The Hall–Kier alpha value is -1.06. The number of hydrogen-bond acceptors (Lipinski definition) is 6. The van der Waals surface area contributed by atoms with Crippen LogP contribution in [0.25, 0.3) is 0 Å². The third kappa shape index (κ3) is 4.95. The van der Waals surface area contributed by atoms with Gasteiger partial charge >= 0.3 is 0 Å². The number of carbonyl (C=O) groups excluding carboxylic acids is 1. The topological polar surface area (TPSA) is 90.3 Å². The molecule has 2 heterocycles. The van der Waals surface area contributed by atoms with E-state index in [-0.39, 0.29) is 29.2 Å². The molecule has 0 aromatic carbocycles. The normalized spacial score (nSPS) is 19.9. The van der Waals surface area contributed by atoms with Gasteiger partial charge in [-0.05, 0) is 20.3 Å².